The van der Waals surface area contributed by atoms with Crippen LogP contribution in [0.5, 0.6) is 11.5 Å². The van der Waals surface area contributed by atoms with Crippen LogP contribution in [0.1, 0.15) is 157 Å². The average Bonchev–Trinajstić information content (AvgIpc) is 3.56. The van der Waals surface area contributed by atoms with Crippen LogP contribution in [0.25, 0.3) is 0 Å². The molecule has 0 spiro atoms. The Kier molecular flexibility index (Phi) is 35.9. The molecule has 0 unspecified atom stereocenters. The number of aliphatic carboxylic acids is 3. The number of aromatic hydroxyl groups is 2. The Hall–Kier alpha value is -5.35. The van der Waals surface area contributed by atoms with Gasteiger partial charge in [0.05, 0.1) is 49.8 Å². The van der Waals surface area contributed by atoms with Crippen LogP contribution in [0.2, 0.25) is 10.0 Å². The Balaban J connectivity index is 0.000000413. The molecular formula is C68H85Cl2NaO16S. The smallest absolute Gasteiger partial charge is 1.00 e. The number of phenolic OH excluding ortho intramolecular Hbond substituents is 2. The van der Waals surface area contributed by atoms with Crippen LogP contribution in [0.15, 0.2) is 158 Å². The molecule has 0 aromatic heterocycles. The van der Waals surface area contributed by atoms with E-state index in [1.165, 1.54) is 0 Å². The van der Waals surface area contributed by atoms with E-state index < -0.39 is 35.8 Å². The van der Waals surface area contributed by atoms with Gasteiger partial charge in [-0.3, -0.25) is 19.2 Å². The minimum absolute atomic E-state index is 0. The van der Waals surface area contributed by atoms with E-state index in [0.717, 1.165) is 40.7 Å². The molecule has 3 aliphatic heterocycles. The number of rotatable bonds is 21. The summed E-state index contributed by atoms with van der Waals surface area (Å²) >= 11 is 15.7. The first kappa shape index (κ1) is 76.9. The van der Waals surface area contributed by atoms with Crippen LogP contribution in [0.3, 0.4) is 0 Å². The van der Waals surface area contributed by atoms with E-state index in [9.17, 15) is 34.5 Å². The molecule has 88 heavy (non-hydrogen) atoms. The molecule has 0 bridgehead atoms. The van der Waals surface area contributed by atoms with Crippen LogP contribution in [0.4, 0.5) is 0 Å². The van der Waals surface area contributed by atoms with Crippen molar-refractivity contribution < 1.29 is 109 Å². The molecule has 0 saturated carbocycles. The fourth-order valence-corrected chi connectivity index (χ4v) is 9.79. The van der Waals surface area contributed by atoms with E-state index in [1.54, 1.807) is 54.6 Å². The number of halogens is 2. The van der Waals surface area contributed by atoms with Gasteiger partial charge in [-0.15, -0.1) is 0 Å². The van der Waals surface area contributed by atoms with Crippen LogP contribution in [-0.4, -0.2) is 92.0 Å². The summed E-state index contributed by atoms with van der Waals surface area (Å²) < 4.78 is 35.9. The zero-order valence-corrected chi connectivity index (χ0v) is 55.4. The number of aldehydes is 1. The number of carboxylic acids is 3. The predicted molar refractivity (Wildman–Crippen MR) is 340 cm³/mol. The number of hydrogen-bond acceptors (Lipinski definition) is 14. The summed E-state index contributed by atoms with van der Waals surface area (Å²) in [5.74, 6) is -2.27. The second-order valence-corrected chi connectivity index (χ2v) is 22.8. The Morgan fingerprint density at radius 3 is 1.34 bits per heavy atom. The van der Waals surface area contributed by atoms with Crippen molar-refractivity contribution in [1.82, 2.24) is 0 Å². The number of carboxylic acid groups (broad SMARTS) is 3. The van der Waals surface area contributed by atoms with Crippen LogP contribution < -0.4 is 29.6 Å². The topological polar surface area (TPSA) is 245 Å². The van der Waals surface area contributed by atoms with Crippen molar-refractivity contribution in [3.63, 3.8) is 0 Å². The number of allylic oxidation sites excluding steroid dienone is 6. The Morgan fingerprint density at radius 2 is 0.932 bits per heavy atom. The third-order valence-corrected chi connectivity index (χ3v) is 14.4. The van der Waals surface area contributed by atoms with Crippen molar-refractivity contribution in [2.24, 2.45) is 17.8 Å². The van der Waals surface area contributed by atoms with E-state index in [-0.39, 0.29) is 104 Å². The third-order valence-electron chi connectivity index (χ3n) is 13.7. The van der Waals surface area contributed by atoms with Gasteiger partial charge in [-0.2, -0.15) is 12.6 Å². The van der Waals surface area contributed by atoms with E-state index in [0.29, 0.717) is 73.1 Å². The quantitative estimate of drug-likeness (QED) is 0.0156. The van der Waals surface area contributed by atoms with Crippen molar-refractivity contribution in [1.29, 1.82) is 0 Å². The van der Waals surface area contributed by atoms with Gasteiger partial charge in [-0.1, -0.05) is 164 Å². The minimum atomic E-state index is -0.816. The number of hydrogen-bond donors (Lipinski definition) is 7. The van der Waals surface area contributed by atoms with Gasteiger partial charge in [0.15, 0.2) is 24.2 Å². The van der Waals surface area contributed by atoms with E-state index in [2.05, 4.69) is 12.6 Å². The van der Waals surface area contributed by atoms with E-state index in [1.807, 2.05) is 138 Å². The monoisotopic (exact) mass is 1280 g/mol. The number of ether oxygens (including phenoxy) is 6. The van der Waals surface area contributed by atoms with Gasteiger partial charge in [-0.05, 0) is 107 Å². The van der Waals surface area contributed by atoms with Crippen molar-refractivity contribution in [3.05, 3.63) is 201 Å². The summed E-state index contributed by atoms with van der Waals surface area (Å²) in [6.07, 6.45) is 14.8. The molecule has 474 valence electrons. The predicted octanol–water partition coefficient (Wildman–Crippen LogP) is 12.5. The summed E-state index contributed by atoms with van der Waals surface area (Å²) in [7, 11) is 0. The number of phenols is 2. The van der Waals surface area contributed by atoms with Gasteiger partial charge in [0.2, 0.25) is 0 Å². The van der Waals surface area contributed by atoms with Gasteiger partial charge < -0.3 is 60.5 Å². The molecule has 0 amide bonds. The van der Waals surface area contributed by atoms with E-state index in [4.69, 9.17) is 66.9 Å². The van der Waals surface area contributed by atoms with Crippen molar-refractivity contribution in [2.45, 2.75) is 135 Å². The van der Waals surface area contributed by atoms with Crippen LogP contribution in [0, 0.1) is 17.8 Å². The summed E-state index contributed by atoms with van der Waals surface area (Å²) in [6, 6.07) is 36.3. The van der Waals surface area contributed by atoms with Crippen molar-refractivity contribution >= 4 is 60.0 Å². The van der Waals surface area contributed by atoms with Gasteiger partial charge in [-0.25, -0.2) is 0 Å². The zero-order chi connectivity index (χ0) is 63.8. The Morgan fingerprint density at radius 1 is 0.557 bits per heavy atom. The average molecular weight is 1280 g/mol. The maximum Gasteiger partial charge on any atom is 1.00 e. The largest absolute Gasteiger partial charge is 1.00 e. The molecule has 16 nitrogen and oxygen atoms in total. The van der Waals surface area contributed by atoms with Crippen LogP contribution in [-0.2, 0) is 49.4 Å². The van der Waals surface area contributed by atoms with Crippen LogP contribution >= 0.6 is 35.8 Å². The molecule has 3 saturated heterocycles. The fraction of sp³-hybridized carbons (Fsp3) is 0.412. The fourth-order valence-electron chi connectivity index (χ4n) is 9.38. The number of aliphatic hydroxyl groups is 1. The maximum absolute atomic E-state index is 10.6. The number of thiol groups is 1. The van der Waals surface area contributed by atoms with Gasteiger partial charge in [0.1, 0.15) is 11.5 Å². The third kappa shape index (κ3) is 27.4. The normalized spacial score (nSPS) is 20.9. The van der Waals surface area contributed by atoms with E-state index >= 15 is 0 Å². The zero-order valence-electron chi connectivity index (χ0n) is 52.0. The number of carbonyl (C=O) groups excluding carboxylic acids is 1. The number of para-hydroxylation sites is 2. The first-order chi connectivity index (χ1) is 41.6. The molecule has 5 aromatic rings. The standard InChI is InChI=1S/C22H23ClO5.C19H26O5.C18H24O5.C7H5ClO.C2H6S.Na.H/c23-18-11-6-4-9-16(18)22-27-14-15(8-2-1-3-13-20(25)26)21(28-22)17-10-5-7-12-19(17)24;1-19(2)23-13-15(9-4-3-5-11-17(21)22)18(24-19)16-10-7-6-8-14(16)12-20;1-18(2)22-12-13(8-4-3-5-11-16(20)21)17(23-18)14-9-6-7-10-15(14)19;8-7-4-2-1-3-6(7)5-9;1-2-3;;/h1-2,4-7,9-12,15,21-22,24H,3,8,13-14H2,(H,25,26);3-4,6-8,10,15,18,20H,5,9,11-13H2,1-2H3,(H,21,22);3-4,6-7,9-10,13,17,19H,5,8,11-12H2,1-2H3,(H,20,21);1-5H;3H,2H2,1H3;;/q;;;;;+1;-1/b2-1-;2*4-3-;;;;/t15-,21+,22+;15-,18+;13-,17+;;;;/m111..../s1. The van der Waals surface area contributed by atoms with Crippen molar-refractivity contribution in [3.8, 4) is 11.5 Å². The minimum Gasteiger partial charge on any atom is -1.00 e. The summed E-state index contributed by atoms with van der Waals surface area (Å²) in [5.41, 5.74) is 4.60. The molecule has 5 aromatic carbocycles. The molecule has 20 heteroatoms. The molecule has 0 aliphatic carbocycles. The molecule has 3 heterocycles. The summed E-state index contributed by atoms with van der Waals surface area (Å²) in [6.45, 7) is 11.0. The molecule has 7 atom stereocenters. The molecule has 8 rings (SSSR count). The second kappa shape index (κ2) is 41.1. The van der Waals surface area contributed by atoms with Gasteiger partial charge in [0, 0.05) is 64.3 Å². The number of carbonyl (C=O) groups is 4. The van der Waals surface area contributed by atoms with Gasteiger partial charge in [0.25, 0.3) is 0 Å². The first-order valence-electron chi connectivity index (χ1n) is 28.9. The molecule has 0 radical (unpaired) electrons. The molecular weight excluding hydrogens is 1200 g/mol. The van der Waals surface area contributed by atoms with Crippen molar-refractivity contribution in [2.75, 3.05) is 25.6 Å². The number of aliphatic hydroxyl groups excluding tert-OH is 1. The molecule has 3 fully saturated rings. The Labute approximate surface area is 556 Å². The molecule has 3 aliphatic rings. The summed E-state index contributed by atoms with van der Waals surface area (Å²) in [5, 5.41) is 57.2. The number of benzene rings is 5. The summed E-state index contributed by atoms with van der Waals surface area (Å²) in [4.78, 5) is 41.8. The first-order valence-corrected chi connectivity index (χ1v) is 30.3. The van der Waals surface area contributed by atoms with Gasteiger partial charge >= 0.3 is 47.5 Å². The maximum atomic E-state index is 10.6. The Bertz CT molecular complexity index is 3000. The second-order valence-electron chi connectivity index (χ2n) is 21.4. The SMILES string of the molecule is CC1(C)OC[C@@H](C/C=C\CCC(=O)O)[C@@H](c2ccccc2CO)O1.CC1(C)OC[C@@H](C/C=C\CCC(=O)O)[C@@H](c2ccccc2O)O1.CCS.O=C(O)CC/C=C\C[C@@H]1CO[C@H](c2ccccc2Cl)O[C@@H]1c1ccccc1O.O=Cc1ccccc1Cl.[H-].[Na+]. The molecule has 6 N–H and O–H groups in total.